The van der Waals surface area contributed by atoms with Crippen molar-refractivity contribution in [1.82, 2.24) is 9.88 Å². The summed E-state index contributed by atoms with van der Waals surface area (Å²) in [6.07, 6.45) is 1.58. The summed E-state index contributed by atoms with van der Waals surface area (Å²) >= 11 is 3.24. The molecule has 0 bridgehead atoms. The summed E-state index contributed by atoms with van der Waals surface area (Å²) < 4.78 is 0.729. The Balaban J connectivity index is 2.82. The number of likely N-dealkylation sites (N-methyl/N-ethyl adjacent to an activating group) is 1. The molecule has 4 heteroatoms. The molecule has 0 aromatic carbocycles. The lowest BCUT2D eigenvalue weighted by atomic mass is 10.2. The first kappa shape index (κ1) is 12.9. The summed E-state index contributed by atoms with van der Waals surface area (Å²) in [5.74, 6) is -0.00880. The zero-order valence-electron chi connectivity index (χ0n) is 9.53. The number of hydrogen-bond acceptors (Lipinski definition) is 2. The Kier molecular flexibility index (Phi) is 4.68. The van der Waals surface area contributed by atoms with Gasteiger partial charge in [-0.15, -0.1) is 0 Å². The van der Waals surface area contributed by atoms with E-state index in [1.54, 1.807) is 23.2 Å². The molecule has 0 atom stereocenters. The fourth-order valence-electron chi connectivity index (χ4n) is 1.34. The zero-order chi connectivity index (χ0) is 12.1. The molecule has 86 valence electrons. The molecule has 0 N–H and O–H groups in total. The first-order valence-corrected chi connectivity index (χ1v) is 5.89. The third-order valence-electron chi connectivity index (χ3n) is 2.10. The van der Waals surface area contributed by atoms with Gasteiger partial charge in [-0.2, -0.15) is 0 Å². The zero-order valence-corrected chi connectivity index (χ0v) is 11.1. The Labute approximate surface area is 104 Å². The lowest BCUT2D eigenvalue weighted by Gasteiger charge is -2.20. The molecule has 1 rings (SSSR count). The smallest absolute Gasteiger partial charge is 0.255 e. The second-order valence-electron chi connectivity index (χ2n) is 3.65. The quantitative estimate of drug-likeness (QED) is 0.629. The summed E-state index contributed by atoms with van der Waals surface area (Å²) in [5, 5.41) is 0. The lowest BCUT2D eigenvalue weighted by Crippen LogP contribution is -2.32. The van der Waals surface area contributed by atoms with Crippen molar-refractivity contribution in [2.24, 2.45) is 0 Å². The van der Waals surface area contributed by atoms with Gasteiger partial charge in [0.25, 0.3) is 5.91 Å². The average Bonchev–Trinajstić information content (AvgIpc) is 2.25. The SMILES string of the molecule is C=C(C)CN(CC)C(=O)c1ccc(Br)nc1. The van der Waals surface area contributed by atoms with E-state index >= 15 is 0 Å². The predicted octanol–water partition coefficient (Wildman–Crippen LogP) is 2.88. The highest BCUT2D eigenvalue weighted by Crippen LogP contribution is 2.09. The highest BCUT2D eigenvalue weighted by Gasteiger charge is 2.13. The molecule has 0 fully saturated rings. The molecule has 0 radical (unpaired) electrons. The van der Waals surface area contributed by atoms with Gasteiger partial charge in [0.05, 0.1) is 5.56 Å². The monoisotopic (exact) mass is 282 g/mol. The van der Waals surface area contributed by atoms with E-state index in [0.29, 0.717) is 18.7 Å². The molecule has 16 heavy (non-hydrogen) atoms. The van der Waals surface area contributed by atoms with E-state index < -0.39 is 0 Å². The molecule has 0 aliphatic heterocycles. The van der Waals surface area contributed by atoms with Crippen molar-refractivity contribution in [2.45, 2.75) is 13.8 Å². The van der Waals surface area contributed by atoms with E-state index in [9.17, 15) is 4.79 Å². The number of hydrogen-bond donors (Lipinski definition) is 0. The molecule has 0 saturated carbocycles. The molecule has 0 aliphatic carbocycles. The highest BCUT2D eigenvalue weighted by molar-refractivity contribution is 9.10. The van der Waals surface area contributed by atoms with Crippen molar-refractivity contribution < 1.29 is 4.79 Å². The summed E-state index contributed by atoms with van der Waals surface area (Å²) in [7, 11) is 0. The van der Waals surface area contributed by atoms with Crippen LogP contribution in [0.25, 0.3) is 0 Å². The van der Waals surface area contributed by atoms with E-state index in [4.69, 9.17) is 0 Å². The minimum Gasteiger partial charge on any atom is -0.335 e. The fourth-order valence-corrected chi connectivity index (χ4v) is 1.57. The standard InChI is InChI=1S/C12H15BrN2O/c1-4-15(8-9(2)3)12(16)10-5-6-11(13)14-7-10/h5-7H,2,4,8H2,1,3H3. The molecule has 0 saturated heterocycles. The molecule has 0 spiro atoms. The molecule has 0 unspecified atom stereocenters. The van der Waals surface area contributed by atoms with Crippen LogP contribution < -0.4 is 0 Å². The van der Waals surface area contributed by atoms with Gasteiger partial charge in [0, 0.05) is 19.3 Å². The number of amides is 1. The summed E-state index contributed by atoms with van der Waals surface area (Å²) in [4.78, 5) is 17.8. The first-order valence-electron chi connectivity index (χ1n) is 5.09. The summed E-state index contributed by atoms with van der Waals surface area (Å²) in [6, 6.07) is 3.53. The van der Waals surface area contributed by atoms with Crippen molar-refractivity contribution in [3.8, 4) is 0 Å². The maximum atomic E-state index is 12.1. The number of carbonyl (C=O) groups is 1. The van der Waals surface area contributed by atoms with Crippen LogP contribution in [0.1, 0.15) is 24.2 Å². The topological polar surface area (TPSA) is 33.2 Å². The van der Waals surface area contributed by atoms with Gasteiger partial charge in [-0.05, 0) is 41.9 Å². The third kappa shape index (κ3) is 3.45. The van der Waals surface area contributed by atoms with Crippen molar-refractivity contribution in [3.63, 3.8) is 0 Å². The van der Waals surface area contributed by atoms with Crippen LogP contribution in [-0.4, -0.2) is 28.9 Å². The van der Waals surface area contributed by atoms with Crippen molar-refractivity contribution in [1.29, 1.82) is 0 Å². The molecule has 0 aliphatic rings. The summed E-state index contributed by atoms with van der Waals surface area (Å²) in [5.41, 5.74) is 1.58. The maximum absolute atomic E-state index is 12.1. The summed E-state index contributed by atoms with van der Waals surface area (Å²) in [6.45, 7) is 8.94. The second kappa shape index (κ2) is 5.80. The number of carbonyl (C=O) groups excluding carboxylic acids is 1. The Morgan fingerprint density at radius 2 is 2.25 bits per heavy atom. The van der Waals surface area contributed by atoms with Crippen molar-refractivity contribution in [2.75, 3.05) is 13.1 Å². The lowest BCUT2D eigenvalue weighted by molar-refractivity contribution is 0.0778. The largest absolute Gasteiger partial charge is 0.335 e. The minimum absolute atomic E-state index is 0.00880. The first-order chi connectivity index (χ1) is 7.54. The Hall–Kier alpha value is -1.16. The third-order valence-corrected chi connectivity index (χ3v) is 2.57. The number of rotatable bonds is 4. The van der Waals surface area contributed by atoms with Crippen LogP contribution >= 0.6 is 15.9 Å². The fraction of sp³-hybridized carbons (Fsp3) is 0.333. The predicted molar refractivity (Wildman–Crippen MR) is 68.3 cm³/mol. The van der Waals surface area contributed by atoms with Gasteiger partial charge in [0.2, 0.25) is 0 Å². The Morgan fingerprint density at radius 3 is 2.69 bits per heavy atom. The normalized spacial score (nSPS) is 9.94. The Morgan fingerprint density at radius 1 is 1.56 bits per heavy atom. The van der Waals surface area contributed by atoms with Gasteiger partial charge in [-0.3, -0.25) is 4.79 Å². The van der Waals surface area contributed by atoms with E-state index in [0.717, 1.165) is 10.2 Å². The van der Waals surface area contributed by atoms with Crippen LogP contribution in [0, 0.1) is 0 Å². The van der Waals surface area contributed by atoms with Gasteiger partial charge in [-0.25, -0.2) is 4.98 Å². The minimum atomic E-state index is -0.00880. The molecular formula is C12H15BrN2O. The molecular weight excluding hydrogens is 268 g/mol. The van der Waals surface area contributed by atoms with Gasteiger partial charge in [0.1, 0.15) is 4.60 Å². The van der Waals surface area contributed by atoms with Gasteiger partial charge in [-0.1, -0.05) is 12.2 Å². The van der Waals surface area contributed by atoms with Gasteiger partial charge in [0.15, 0.2) is 0 Å². The number of pyridine rings is 1. The average molecular weight is 283 g/mol. The van der Waals surface area contributed by atoms with Crippen LogP contribution in [0.2, 0.25) is 0 Å². The highest BCUT2D eigenvalue weighted by atomic mass is 79.9. The van der Waals surface area contributed by atoms with E-state index in [2.05, 4.69) is 27.5 Å². The molecule has 1 heterocycles. The Bertz CT molecular complexity index is 387. The van der Waals surface area contributed by atoms with Crippen molar-refractivity contribution >= 4 is 21.8 Å². The van der Waals surface area contributed by atoms with Crippen LogP contribution in [0.5, 0.6) is 0 Å². The number of aromatic nitrogens is 1. The molecule has 1 amide bonds. The van der Waals surface area contributed by atoms with E-state index in [1.165, 1.54) is 0 Å². The van der Waals surface area contributed by atoms with E-state index in [1.807, 2.05) is 13.8 Å². The van der Waals surface area contributed by atoms with Crippen molar-refractivity contribution in [3.05, 3.63) is 40.6 Å². The van der Waals surface area contributed by atoms with Gasteiger partial charge < -0.3 is 4.90 Å². The molecule has 1 aromatic heterocycles. The van der Waals surface area contributed by atoms with Crippen LogP contribution in [-0.2, 0) is 0 Å². The molecule has 1 aromatic rings. The van der Waals surface area contributed by atoms with Crippen LogP contribution in [0.3, 0.4) is 0 Å². The second-order valence-corrected chi connectivity index (χ2v) is 4.46. The maximum Gasteiger partial charge on any atom is 0.255 e. The molecule has 3 nitrogen and oxygen atoms in total. The van der Waals surface area contributed by atoms with Crippen LogP contribution in [0.15, 0.2) is 35.1 Å². The van der Waals surface area contributed by atoms with Crippen LogP contribution in [0.4, 0.5) is 0 Å². The van der Waals surface area contributed by atoms with E-state index in [-0.39, 0.29) is 5.91 Å². The van der Waals surface area contributed by atoms with Gasteiger partial charge >= 0.3 is 0 Å². The number of halogens is 1. The number of nitrogens with zero attached hydrogens (tertiary/aromatic N) is 2.